The predicted octanol–water partition coefficient (Wildman–Crippen LogP) is 5.06. The molecule has 0 aliphatic heterocycles. The van der Waals surface area contributed by atoms with Gasteiger partial charge in [0.05, 0.1) is 10.7 Å². The smallest absolute Gasteiger partial charge is 0.0954 e. The first-order valence-corrected chi connectivity index (χ1v) is 9.30. The number of hydrogen-bond donors (Lipinski definition) is 1. The molecule has 0 saturated carbocycles. The molecule has 0 spiro atoms. The van der Waals surface area contributed by atoms with E-state index in [0.717, 1.165) is 12.3 Å². The topological polar surface area (TPSA) is 24.9 Å². The summed E-state index contributed by atoms with van der Waals surface area (Å²) in [5, 5.41) is 6.86. The molecule has 0 aliphatic rings. The summed E-state index contributed by atoms with van der Waals surface area (Å²) in [6, 6.07) is 9.35. The molecule has 0 amide bonds. The number of aromatic nitrogens is 1. The molecule has 0 atom stereocenters. The summed E-state index contributed by atoms with van der Waals surface area (Å²) < 4.78 is 0. The molecule has 2 aromatic rings. The Labute approximate surface area is 136 Å². The van der Waals surface area contributed by atoms with Crippen molar-refractivity contribution in [2.45, 2.75) is 56.8 Å². The molecule has 114 valence electrons. The SMILES string of the molecule is CC(C)NCc1ccc(SCc2csc(C(C)C)n2)cc1. The predicted molar refractivity (Wildman–Crippen MR) is 94.2 cm³/mol. The quantitative estimate of drug-likeness (QED) is 0.722. The Hall–Kier alpha value is -0.840. The summed E-state index contributed by atoms with van der Waals surface area (Å²) in [5.41, 5.74) is 2.53. The van der Waals surface area contributed by atoms with Gasteiger partial charge in [-0.15, -0.1) is 23.1 Å². The van der Waals surface area contributed by atoms with Gasteiger partial charge < -0.3 is 5.32 Å². The molecule has 0 radical (unpaired) electrons. The molecule has 0 saturated heterocycles. The molecule has 4 heteroatoms. The van der Waals surface area contributed by atoms with Crippen molar-refractivity contribution in [3.63, 3.8) is 0 Å². The fourth-order valence-electron chi connectivity index (χ4n) is 1.84. The van der Waals surface area contributed by atoms with Crippen LogP contribution in [0.4, 0.5) is 0 Å². The van der Waals surface area contributed by atoms with Crippen molar-refractivity contribution >= 4 is 23.1 Å². The lowest BCUT2D eigenvalue weighted by molar-refractivity contribution is 0.588. The summed E-state index contributed by atoms with van der Waals surface area (Å²) in [6.45, 7) is 9.67. The second-order valence-electron chi connectivity index (χ2n) is 5.80. The molecule has 0 bridgehead atoms. The molecule has 2 rings (SSSR count). The maximum atomic E-state index is 4.68. The normalized spacial score (nSPS) is 11.5. The van der Waals surface area contributed by atoms with Gasteiger partial charge in [-0.05, 0) is 17.7 Å². The second-order valence-corrected chi connectivity index (χ2v) is 7.74. The molecule has 1 N–H and O–H groups in total. The number of nitrogens with zero attached hydrogens (tertiary/aromatic N) is 1. The van der Waals surface area contributed by atoms with Gasteiger partial charge in [-0.1, -0.05) is 39.8 Å². The van der Waals surface area contributed by atoms with Gasteiger partial charge in [0, 0.05) is 34.5 Å². The Morgan fingerprint density at radius 3 is 2.43 bits per heavy atom. The van der Waals surface area contributed by atoms with E-state index < -0.39 is 0 Å². The van der Waals surface area contributed by atoms with Crippen molar-refractivity contribution in [3.05, 3.63) is 45.9 Å². The van der Waals surface area contributed by atoms with Gasteiger partial charge in [-0.25, -0.2) is 4.98 Å². The van der Waals surface area contributed by atoms with Crippen molar-refractivity contribution in [2.75, 3.05) is 0 Å². The van der Waals surface area contributed by atoms with Gasteiger partial charge in [0.1, 0.15) is 0 Å². The van der Waals surface area contributed by atoms with E-state index in [1.807, 2.05) is 11.8 Å². The molecule has 1 aromatic heterocycles. The minimum absolute atomic E-state index is 0.527. The molecule has 0 aliphatic carbocycles. The lowest BCUT2D eigenvalue weighted by atomic mass is 10.2. The van der Waals surface area contributed by atoms with Crippen LogP contribution in [0.25, 0.3) is 0 Å². The van der Waals surface area contributed by atoms with Gasteiger partial charge in [0.15, 0.2) is 0 Å². The highest BCUT2D eigenvalue weighted by molar-refractivity contribution is 7.98. The summed E-state index contributed by atoms with van der Waals surface area (Å²) in [7, 11) is 0. The monoisotopic (exact) mass is 320 g/mol. The number of rotatable bonds is 7. The summed E-state index contributed by atoms with van der Waals surface area (Å²) >= 11 is 3.63. The highest BCUT2D eigenvalue weighted by Crippen LogP contribution is 2.26. The minimum atomic E-state index is 0.527. The van der Waals surface area contributed by atoms with Gasteiger partial charge in [-0.3, -0.25) is 0 Å². The maximum absolute atomic E-state index is 4.68. The van der Waals surface area contributed by atoms with E-state index in [1.54, 1.807) is 11.3 Å². The third-order valence-electron chi connectivity index (χ3n) is 3.09. The molecule has 2 nitrogen and oxygen atoms in total. The van der Waals surface area contributed by atoms with Crippen molar-refractivity contribution in [1.29, 1.82) is 0 Å². The molecular formula is C17H24N2S2. The van der Waals surface area contributed by atoms with Crippen LogP contribution in [-0.2, 0) is 12.3 Å². The van der Waals surface area contributed by atoms with E-state index in [-0.39, 0.29) is 0 Å². The van der Waals surface area contributed by atoms with Gasteiger partial charge in [0.2, 0.25) is 0 Å². The van der Waals surface area contributed by atoms with E-state index in [1.165, 1.54) is 21.2 Å². The van der Waals surface area contributed by atoms with Crippen molar-refractivity contribution < 1.29 is 0 Å². The van der Waals surface area contributed by atoms with Crippen LogP contribution >= 0.6 is 23.1 Å². The maximum Gasteiger partial charge on any atom is 0.0954 e. The van der Waals surface area contributed by atoms with Crippen LogP contribution in [0.5, 0.6) is 0 Å². The molecule has 21 heavy (non-hydrogen) atoms. The number of nitrogens with one attached hydrogen (secondary N) is 1. The second kappa shape index (κ2) is 7.97. The van der Waals surface area contributed by atoms with E-state index in [0.29, 0.717) is 12.0 Å². The number of thioether (sulfide) groups is 1. The number of benzene rings is 1. The van der Waals surface area contributed by atoms with Crippen molar-refractivity contribution in [1.82, 2.24) is 10.3 Å². The molecule has 0 unspecified atom stereocenters. The fourth-order valence-corrected chi connectivity index (χ4v) is 3.57. The lowest BCUT2D eigenvalue weighted by Gasteiger charge is -2.08. The van der Waals surface area contributed by atoms with E-state index in [9.17, 15) is 0 Å². The largest absolute Gasteiger partial charge is 0.310 e. The van der Waals surface area contributed by atoms with Gasteiger partial charge >= 0.3 is 0 Å². The van der Waals surface area contributed by atoms with E-state index in [4.69, 9.17) is 0 Å². The first kappa shape index (κ1) is 16.5. The Morgan fingerprint density at radius 2 is 1.86 bits per heavy atom. The Balaban J connectivity index is 1.85. The van der Waals surface area contributed by atoms with Crippen molar-refractivity contribution in [3.8, 4) is 0 Å². The van der Waals surface area contributed by atoms with E-state index >= 15 is 0 Å². The van der Waals surface area contributed by atoms with Crippen LogP contribution in [0, 0.1) is 0 Å². The Kier molecular flexibility index (Phi) is 6.27. The lowest BCUT2D eigenvalue weighted by Crippen LogP contribution is -2.21. The molecule has 1 heterocycles. The zero-order valence-corrected chi connectivity index (χ0v) is 14.9. The first-order valence-electron chi connectivity index (χ1n) is 7.44. The van der Waals surface area contributed by atoms with Crippen LogP contribution in [0.1, 0.15) is 49.9 Å². The molecule has 1 aromatic carbocycles. The Bertz CT molecular complexity index is 544. The standard InChI is InChI=1S/C17H24N2S2/c1-12(2)17-19-15(11-21-17)10-20-16-7-5-14(6-8-16)9-18-13(3)4/h5-8,11-13,18H,9-10H2,1-4H3. The average molecular weight is 321 g/mol. The highest BCUT2D eigenvalue weighted by Gasteiger charge is 2.06. The Morgan fingerprint density at radius 1 is 1.14 bits per heavy atom. The van der Waals surface area contributed by atoms with Gasteiger partial charge in [-0.2, -0.15) is 0 Å². The molecule has 0 fully saturated rings. The molecular weight excluding hydrogens is 296 g/mol. The average Bonchev–Trinajstić information content (AvgIpc) is 2.93. The van der Waals surface area contributed by atoms with Crippen LogP contribution in [0.2, 0.25) is 0 Å². The fraction of sp³-hybridized carbons (Fsp3) is 0.471. The zero-order chi connectivity index (χ0) is 15.2. The van der Waals surface area contributed by atoms with E-state index in [2.05, 4.69) is 67.6 Å². The highest BCUT2D eigenvalue weighted by atomic mass is 32.2. The third-order valence-corrected chi connectivity index (χ3v) is 5.33. The van der Waals surface area contributed by atoms with Crippen LogP contribution in [0.15, 0.2) is 34.5 Å². The third kappa shape index (κ3) is 5.46. The first-order chi connectivity index (χ1) is 10.0. The summed E-state index contributed by atoms with van der Waals surface area (Å²) in [5.74, 6) is 1.48. The van der Waals surface area contributed by atoms with Crippen LogP contribution < -0.4 is 5.32 Å². The van der Waals surface area contributed by atoms with Crippen LogP contribution in [-0.4, -0.2) is 11.0 Å². The summed E-state index contributed by atoms with van der Waals surface area (Å²) in [6.07, 6.45) is 0. The van der Waals surface area contributed by atoms with Gasteiger partial charge in [0.25, 0.3) is 0 Å². The summed E-state index contributed by atoms with van der Waals surface area (Å²) in [4.78, 5) is 5.99. The van der Waals surface area contributed by atoms with Crippen molar-refractivity contribution in [2.24, 2.45) is 0 Å². The van der Waals surface area contributed by atoms with Crippen LogP contribution in [0.3, 0.4) is 0 Å². The minimum Gasteiger partial charge on any atom is -0.310 e. The number of thiazole rings is 1. The zero-order valence-electron chi connectivity index (χ0n) is 13.2. The number of hydrogen-bond acceptors (Lipinski definition) is 4.